The number of carbonyl (C=O) groups excluding carboxylic acids is 4. The Morgan fingerprint density at radius 3 is 2.32 bits per heavy atom. The van der Waals surface area contributed by atoms with Crippen molar-refractivity contribution in [2.75, 3.05) is 13.2 Å². The molecule has 0 aliphatic carbocycles. The molecule has 1 heterocycles. The lowest BCUT2D eigenvalue weighted by Gasteiger charge is -2.30. The highest BCUT2D eigenvalue weighted by molar-refractivity contribution is 5.94. The number of hydrogen-bond acceptors (Lipinski definition) is 7. The van der Waals surface area contributed by atoms with Gasteiger partial charge in [-0.05, 0) is 25.2 Å². The van der Waals surface area contributed by atoms with E-state index in [1.54, 1.807) is 13.8 Å². The van der Waals surface area contributed by atoms with E-state index in [2.05, 4.69) is 10.6 Å². The minimum Gasteiger partial charge on any atom is -0.480 e. The molecule has 0 aromatic heterocycles. The molecule has 0 bridgehead atoms. The van der Waals surface area contributed by atoms with Gasteiger partial charge in [-0.2, -0.15) is 0 Å². The molecule has 31 heavy (non-hydrogen) atoms. The maximum atomic E-state index is 13.0. The van der Waals surface area contributed by atoms with Crippen molar-refractivity contribution in [1.82, 2.24) is 15.5 Å². The van der Waals surface area contributed by atoms with Crippen molar-refractivity contribution >= 4 is 29.6 Å². The molecule has 12 nitrogen and oxygen atoms in total. The molecule has 1 rings (SSSR count). The first kappa shape index (κ1) is 26.3. The number of likely N-dealkylation sites (tertiary alicyclic amines) is 1. The van der Waals surface area contributed by atoms with E-state index in [1.165, 1.54) is 4.90 Å². The number of hydrogen-bond donors (Lipinski definition) is 6. The zero-order valence-corrected chi connectivity index (χ0v) is 17.9. The van der Waals surface area contributed by atoms with Crippen LogP contribution in [0.5, 0.6) is 0 Å². The lowest BCUT2D eigenvalue weighted by molar-refractivity contribution is -0.149. The van der Waals surface area contributed by atoms with Crippen LogP contribution in [0, 0.1) is 5.92 Å². The van der Waals surface area contributed by atoms with Crippen molar-refractivity contribution in [3.8, 4) is 0 Å². The van der Waals surface area contributed by atoms with Gasteiger partial charge in [-0.25, -0.2) is 4.79 Å². The van der Waals surface area contributed by atoms with Crippen LogP contribution in [0.3, 0.4) is 0 Å². The molecule has 5 atom stereocenters. The Morgan fingerprint density at radius 2 is 1.81 bits per heavy atom. The fraction of sp³-hybridized carbons (Fsp3) is 0.737. The Hall–Kier alpha value is -2.73. The Bertz CT molecular complexity index is 687. The van der Waals surface area contributed by atoms with Crippen molar-refractivity contribution in [3.05, 3.63) is 0 Å². The molecule has 5 unspecified atom stereocenters. The average molecular weight is 444 g/mol. The molecule has 0 spiro atoms. The molecule has 4 amide bonds. The number of aliphatic hydroxyl groups is 1. The minimum atomic E-state index is -1.22. The van der Waals surface area contributed by atoms with Crippen LogP contribution in [0.1, 0.15) is 46.0 Å². The zero-order valence-electron chi connectivity index (χ0n) is 17.9. The lowest BCUT2D eigenvalue weighted by atomic mass is 9.97. The number of nitrogens with zero attached hydrogens (tertiary/aromatic N) is 1. The van der Waals surface area contributed by atoms with E-state index >= 15 is 0 Å². The van der Waals surface area contributed by atoms with Crippen molar-refractivity contribution in [2.45, 2.75) is 70.1 Å². The van der Waals surface area contributed by atoms with Gasteiger partial charge in [-0.15, -0.1) is 0 Å². The number of rotatable bonds is 12. The smallest absolute Gasteiger partial charge is 0.326 e. The first-order valence-electron chi connectivity index (χ1n) is 10.3. The fourth-order valence-corrected chi connectivity index (χ4v) is 3.34. The van der Waals surface area contributed by atoms with E-state index in [9.17, 15) is 29.1 Å². The second-order valence-electron chi connectivity index (χ2n) is 7.75. The van der Waals surface area contributed by atoms with Crippen LogP contribution in [0.15, 0.2) is 0 Å². The quantitative estimate of drug-likeness (QED) is 0.192. The summed E-state index contributed by atoms with van der Waals surface area (Å²) in [7, 11) is 0. The van der Waals surface area contributed by atoms with Gasteiger partial charge in [0.25, 0.3) is 0 Å². The number of carbonyl (C=O) groups is 5. The van der Waals surface area contributed by atoms with Crippen LogP contribution in [0.2, 0.25) is 0 Å². The molecule has 0 aromatic carbocycles. The number of nitrogens with one attached hydrogen (secondary N) is 2. The van der Waals surface area contributed by atoms with Crippen LogP contribution in [0.25, 0.3) is 0 Å². The number of carboxylic acid groups (broad SMARTS) is 1. The van der Waals surface area contributed by atoms with E-state index in [-0.39, 0.29) is 25.3 Å². The molecule has 176 valence electrons. The predicted molar refractivity (Wildman–Crippen MR) is 109 cm³/mol. The summed E-state index contributed by atoms with van der Waals surface area (Å²) >= 11 is 0. The van der Waals surface area contributed by atoms with Crippen molar-refractivity contribution < 1.29 is 34.2 Å². The van der Waals surface area contributed by atoms with Gasteiger partial charge in [0.2, 0.25) is 23.6 Å². The molecule has 8 N–H and O–H groups in total. The third kappa shape index (κ3) is 7.47. The SMILES string of the molecule is CCC(C)C(NC(=O)C(N)CO)C(=O)NC(CCC(N)=O)C(=O)N1CCCC1C(=O)O. The van der Waals surface area contributed by atoms with E-state index in [4.69, 9.17) is 16.6 Å². The number of aliphatic carboxylic acids is 1. The molecule has 1 aliphatic rings. The number of nitrogens with two attached hydrogens (primary N) is 2. The minimum absolute atomic E-state index is 0.111. The van der Waals surface area contributed by atoms with Gasteiger partial charge in [0.05, 0.1) is 6.61 Å². The largest absolute Gasteiger partial charge is 0.480 e. The van der Waals surface area contributed by atoms with Crippen LogP contribution in [0.4, 0.5) is 0 Å². The highest BCUT2D eigenvalue weighted by Gasteiger charge is 2.38. The molecule has 1 aliphatic heterocycles. The third-order valence-corrected chi connectivity index (χ3v) is 5.44. The topological polar surface area (TPSA) is 205 Å². The van der Waals surface area contributed by atoms with Gasteiger partial charge >= 0.3 is 5.97 Å². The van der Waals surface area contributed by atoms with Gasteiger partial charge in [-0.3, -0.25) is 19.2 Å². The molecular formula is C19H33N5O7. The van der Waals surface area contributed by atoms with Gasteiger partial charge in [0, 0.05) is 13.0 Å². The van der Waals surface area contributed by atoms with Gasteiger partial charge < -0.3 is 37.2 Å². The summed E-state index contributed by atoms with van der Waals surface area (Å²) in [6.45, 7) is 3.14. The molecule has 12 heteroatoms. The first-order chi connectivity index (χ1) is 14.5. The molecule has 0 radical (unpaired) electrons. The Kier molecular flexibility index (Phi) is 10.4. The van der Waals surface area contributed by atoms with Crippen molar-refractivity contribution in [3.63, 3.8) is 0 Å². The summed E-state index contributed by atoms with van der Waals surface area (Å²) in [6.07, 6.45) is 1.00. The van der Waals surface area contributed by atoms with Crippen LogP contribution < -0.4 is 22.1 Å². The van der Waals surface area contributed by atoms with Crippen LogP contribution in [-0.2, 0) is 24.0 Å². The molecule has 0 aromatic rings. The molecule has 1 fully saturated rings. The zero-order chi connectivity index (χ0) is 23.7. The Labute approximate surface area is 180 Å². The normalized spacial score (nSPS) is 19.7. The van der Waals surface area contributed by atoms with E-state index in [1.807, 2.05) is 0 Å². The first-order valence-corrected chi connectivity index (χ1v) is 10.3. The number of aliphatic hydroxyl groups excluding tert-OH is 1. The second kappa shape index (κ2) is 12.2. The lowest BCUT2D eigenvalue weighted by Crippen LogP contribution is -2.59. The summed E-state index contributed by atoms with van der Waals surface area (Å²) in [5.41, 5.74) is 10.7. The number of carboxylic acids is 1. The Balaban J connectivity index is 3.04. The van der Waals surface area contributed by atoms with E-state index < -0.39 is 60.4 Å². The summed E-state index contributed by atoms with van der Waals surface area (Å²) in [5, 5.41) is 23.4. The van der Waals surface area contributed by atoms with Crippen LogP contribution in [-0.4, -0.2) is 82.0 Å². The number of amides is 4. The maximum Gasteiger partial charge on any atom is 0.326 e. The second-order valence-corrected chi connectivity index (χ2v) is 7.75. The summed E-state index contributed by atoms with van der Waals surface area (Å²) in [6, 6.07) is -4.46. The van der Waals surface area contributed by atoms with Crippen molar-refractivity contribution in [1.29, 1.82) is 0 Å². The molecular weight excluding hydrogens is 410 g/mol. The van der Waals surface area contributed by atoms with E-state index in [0.29, 0.717) is 19.3 Å². The van der Waals surface area contributed by atoms with E-state index in [0.717, 1.165) is 0 Å². The summed E-state index contributed by atoms with van der Waals surface area (Å²) in [4.78, 5) is 61.9. The van der Waals surface area contributed by atoms with Gasteiger partial charge in [0.1, 0.15) is 24.2 Å². The van der Waals surface area contributed by atoms with Gasteiger partial charge in [-0.1, -0.05) is 20.3 Å². The van der Waals surface area contributed by atoms with Crippen molar-refractivity contribution in [2.24, 2.45) is 17.4 Å². The summed E-state index contributed by atoms with van der Waals surface area (Å²) in [5.74, 6) is -4.19. The highest BCUT2D eigenvalue weighted by Crippen LogP contribution is 2.20. The number of primary amides is 1. The molecule has 0 saturated carbocycles. The highest BCUT2D eigenvalue weighted by atomic mass is 16.4. The molecule has 1 saturated heterocycles. The van der Waals surface area contributed by atoms with Crippen LogP contribution >= 0.6 is 0 Å². The Morgan fingerprint density at radius 1 is 1.16 bits per heavy atom. The predicted octanol–water partition coefficient (Wildman–Crippen LogP) is -2.34. The maximum absolute atomic E-state index is 13.0. The third-order valence-electron chi connectivity index (χ3n) is 5.44. The van der Waals surface area contributed by atoms with Gasteiger partial charge in [0.15, 0.2) is 0 Å². The fourth-order valence-electron chi connectivity index (χ4n) is 3.34. The monoisotopic (exact) mass is 443 g/mol. The average Bonchev–Trinajstić information content (AvgIpc) is 3.22. The summed E-state index contributed by atoms with van der Waals surface area (Å²) < 4.78 is 0. The standard InChI is InChI=1S/C19H33N5O7/c1-3-10(2)15(23-16(27)11(20)9-25)17(28)22-12(6-7-14(21)26)18(29)24-8-4-5-13(24)19(30)31/h10-13,15,25H,3-9,20H2,1-2H3,(H2,21,26)(H,22,28)(H,23,27)(H,30,31).